The summed E-state index contributed by atoms with van der Waals surface area (Å²) in [6.45, 7) is 6.30. The van der Waals surface area contributed by atoms with Crippen LogP contribution in [0.15, 0.2) is 30.9 Å². The van der Waals surface area contributed by atoms with Crippen LogP contribution in [0.25, 0.3) is 16.8 Å². The van der Waals surface area contributed by atoms with Gasteiger partial charge in [-0.15, -0.1) is 0 Å². The molecule has 3 aromatic heterocycles. The lowest BCUT2D eigenvalue weighted by molar-refractivity contribution is -0.0163. The zero-order chi connectivity index (χ0) is 21.3. The van der Waals surface area contributed by atoms with Crippen LogP contribution in [0, 0.1) is 0 Å². The lowest BCUT2D eigenvalue weighted by Gasteiger charge is -2.30. The van der Waals surface area contributed by atoms with Crippen LogP contribution in [0.4, 0.5) is 4.79 Å². The van der Waals surface area contributed by atoms with Gasteiger partial charge in [-0.05, 0) is 26.8 Å². The summed E-state index contributed by atoms with van der Waals surface area (Å²) in [5.74, 6) is 0.459. The van der Waals surface area contributed by atoms with Crippen molar-refractivity contribution < 1.29 is 19.0 Å². The van der Waals surface area contributed by atoms with Gasteiger partial charge in [0.15, 0.2) is 0 Å². The van der Waals surface area contributed by atoms with Crippen LogP contribution < -0.4 is 10.1 Å². The van der Waals surface area contributed by atoms with Crippen molar-refractivity contribution in [3.05, 3.63) is 30.9 Å². The SMILES string of the molecule is Cn1cc(-c2cn3nccc3c(O[C@@H]3COC[C@H](NC(=O)OC(C)(C)C)C3)n2)cn1. The van der Waals surface area contributed by atoms with E-state index < -0.39 is 11.7 Å². The summed E-state index contributed by atoms with van der Waals surface area (Å²) in [5, 5.41) is 11.4. The monoisotopic (exact) mass is 414 g/mol. The number of hydrogen-bond acceptors (Lipinski definition) is 7. The summed E-state index contributed by atoms with van der Waals surface area (Å²) in [5.41, 5.74) is 1.77. The molecule has 1 amide bonds. The maximum Gasteiger partial charge on any atom is 0.407 e. The number of carbonyl (C=O) groups is 1. The first-order valence-corrected chi connectivity index (χ1v) is 9.84. The molecule has 0 aliphatic carbocycles. The summed E-state index contributed by atoms with van der Waals surface area (Å²) in [6, 6.07) is 1.64. The zero-order valence-corrected chi connectivity index (χ0v) is 17.5. The molecule has 10 nitrogen and oxygen atoms in total. The second kappa shape index (κ2) is 7.94. The van der Waals surface area contributed by atoms with E-state index in [4.69, 9.17) is 14.2 Å². The Morgan fingerprint density at radius 1 is 1.27 bits per heavy atom. The van der Waals surface area contributed by atoms with Crippen LogP contribution in [0.1, 0.15) is 27.2 Å². The van der Waals surface area contributed by atoms with E-state index in [2.05, 4.69) is 20.5 Å². The van der Waals surface area contributed by atoms with Crippen LogP contribution in [-0.4, -0.2) is 61.4 Å². The van der Waals surface area contributed by atoms with E-state index in [1.54, 1.807) is 21.6 Å². The van der Waals surface area contributed by atoms with Gasteiger partial charge >= 0.3 is 6.09 Å². The number of amides is 1. The fourth-order valence-electron chi connectivity index (χ4n) is 3.29. The van der Waals surface area contributed by atoms with E-state index in [-0.39, 0.29) is 12.1 Å². The average Bonchev–Trinajstić information content (AvgIpc) is 3.29. The predicted molar refractivity (Wildman–Crippen MR) is 108 cm³/mol. The summed E-state index contributed by atoms with van der Waals surface area (Å²) in [4.78, 5) is 16.8. The first-order valence-electron chi connectivity index (χ1n) is 9.84. The highest BCUT2D eigenvalue weighted by atomic mass is 16.6. The van der Waals surface area contributed by atoms with Crippen molar-refractivity contribution in [3.8, 4) is 17.1 Å². The third-order valence-corrected chi connectivity index (χ3v) is 4.53. The number of fused-ring (bicyclic) bond motifs is 1. The molecule has 0 radical (unpaired) electrons. The quantitative estimate of drug-likeness (QED) is 0.698. The maximum atomic E-state index is 12.1. The van der Waals surface area contributed by atoms with Crippen LogP contribution in [0.2, 0.25) is 0 Å². The van der Waals surface area contributed by atoms with Crippen molar-refractivity contribution in [2.24, 2.45) is 7.05 Å². The predicted octanol–water partition coefficient (Wildman–Crippen LogP) is 2.19. The lowest BCUT2D eigenvalue weighted by atomic mass is 10.1. The molecule has 0 bridgehead atoms. The number of rotatable bonds is 4. The molecule has 1 aliphatic heterocycles. The summed E-state index contributed by atoms with van der Waals surface area (Å²) in [6.07, 6.45) is 7.00. The molecule has 3 aromatic rings. The van der Waals surface area contributed by atoms with Crippen LogP contribution >= 0.6 is 0 Å². The molecule has 1 aliphatic rings. The summed E-state index contributed by atoms with van der Waals surface area (Å²) >= 11 is 0. The first kappa shape index (κ1) is 20.1. The van der Waals surface area contributed by atoms with Crippen molar-refractivity contribution in [1.29, 1.82) is 0 Å². The fraction of sp³-hybridized carbons (Fsp3) is 0.500. The van der Waals surface area contributed by atoms with Gasteiger partial charge in [-0.1, -0.05) is 0 Å². The van der Waals surface area contributed by atoms with Gasteiger partial charge in [-0.25, -0.2) is 14.3 Å². The Kier molecular flexibility index (Phi) is 5.33. The molecule has 160 valence electrons. The Morgan fingerprint density at radius 2 is 2.10 bits per heavy atom. The Morgan fingerprint density at radius 3 is 2.83 bits per heavy atom. The molecule has 1 N–H and O–H groups in total. The number of nitrogens with one attached hydrogen (secondary N) is 1. The fourth-order valence-corrected chi connectivity index (χ4v) is 3.29. The van der Waals surface area contributed by atoms with Crippen molar-refractivity contribution in [3.63, 3.8) is 0 Å². The van der Waals surface area contributed by atoms with Gasteiger partial charge in [0.05, 0.1) is 43.5 Å². The van der Waals surface area contributed by atoms with Gasteiger partial charge in [0, 0.05) is 25.2 Å². The number of carbonyl (C=O) groups excluding carboxylic acids is 1. The molecule has 30 heavy (non-hydrogen) atoms. The minimum absolute atomic E-state index is 0.207. The number of nitrogens with zero attached hydrogens (tertiary/aromatic N) is 5. The van der Waals surface area contributed by atoms with Crippen LogP contribution in [0.5, 0.6) is 5.88 Å². The standard InChI is InChI=1S/C20H26N6O4/c1-20(2,3)30-19(27)23-14-7-15(12-28-11-14)29-18-17-5-6-21-26(17)10-16(24-18)13-8-22-25(4)9-13/h5-6,8-10,14-15H,7,11-12H2,1-4H3,(H,23,27)/t14-,15+/m1/s1. The zero-order valence-electron chi connectivity index (χ0n) is 17.5. The normalized spacial score (nSPS) is 19.6. The largest absolute Gasteiger partial charge is 0.470 e. The molecule has 0 saturated carbocycles. The minimum atomic E-state index is -0.556. The van der Waals surface area contributed by atoms with Gasteiger partial charge in [-0.2, -0.15) is 10.2 Å². The number of aryl methyl sites for hydroxylation is 1. The van der Waals surface area contributed by atoms with E-state index in [1.165, 1.54) is 0 Å². The Labute approximate surface area is 174 Å². The van der Waals surface area contributed by atoms with Crippen LogP contribution in [0.3, 0.4) is 0 Å². The van der Waals surface area contributed by atoms with Crippen molar-refractivity contribution in [2.45, 2.75) is 44.9 Å². The van der Waals surface area contributed by atoms with Crippen molar-refractivity contribution in [1.82, 2.24) is 29.7 Å². The van der Waals surface area contributed by atoms with Gasteiger partial charge in [0.1, 0.15) is 17.2 Å². The molecule has 4 heterocycles. The molecular weight excluding hydrogens is 388 g/mol. The summed E-state index contributed by atoms with van der Waals surface area (Å²) < 4.78 is 20.6. The number of alkyl carbamates (subject to hydrolysis) is 1. The van der Waals surface area contributed by atoms with Crippen molar-refractivity contribution in [2.75, 3.05) is 13.2 Å². The van der Waals surface area contributed by atoms with E-state index >= 15 is 0 Å². The molecule has 0 spiro atoms. The third-order valence-electron chi connectivity index (χ3n) is 4.53. The molecule has 10 heteroatoms. The molecular formula is C20H26N6O4. The smallest absolute Gasteiger partial charge is 0.407 e. The van der Waals surface area contributed by atoms with E-state index in [0.717, 1.165) is 11.1 Å². The third kappa shape index (κ3) is 4.70. The Balaban J connectivity index is 1.49. The van der Waals surface area contributed by atoms with E-state index in [1.807, 2.05) is 46.3 Å². The van der Waals surface area contributed by atoms with Gasteiger partial charge in [-0.3, -0.25) is 4.68 Å². The highest BCUT2D eigenvalue weighted by Crippen LogP contribution is 2.26. The minimum Gasteiger partial charge on any atom is -0.470 e. The number of aromatic nitrogens is 5. The van der Waals surface area contributed by atoms with Crippen LogP contribution in [-0.2, 0) is 16.5 Å². The van der Waals surface area contributed by atoms with Gasteiger partial charge < -0.3 is 19.5 Å². The van der Waals surface area contributed by atoms with Gasteiger partial charge in [0.2, 0.25) is 5.88 Å². The summed E-state index contributed by atoms with van der Waals surface area (Å²) in [7, 11) is 1.85. The number of ether oxygens (including phenoxy) is 3. The van der Waals surface area contributed by atoms with E-state index in [0.29, 0.717) is 31.2 Å². The number of hydrogen-bond donors (Lipinski definition) is 1. The molecule has 1 fully saturated rings. The Hall–Kier alpha value is -3.14. The highest BCUT2D eigenvalue weighted by Gasteiger charge is 2.28. The second-order valence-corrected chi connectivity index (χ2v) is 8.35. The topological polar surface area (TPSA) is 105 Å². The molecule has 1 saturated heterocycles. The van der Waals surface area contributed by atoms with Crippen molar-refractivity contribution >= 4 is 11.6 Å². The Bertz CT molecular complexity index is 1040. The van der Waals surface area contributed by atoms with E-state index in [9.17, 15) is 4.79 Å². The highest BCUT2D eigenvalue weighted by molar-refractivity contribution is 5.68. The maximum absolute atomic E-state index is 12.1. The molecule has 4 rings (SSSR count). The first-order chi connectivity index (χ1) is 14.3. The molecule has 0 aromatic carbocycles. The molecule has 0 unspecified atom stereocenters. The lowest BCUT2D eigenvalue weighted by Crippen LogP contribution is -2.48. The molecule has 2 atom stereocenters. The second-order valence-electron chi connectivity index (χ2n) is 8.35. The average molecular weight is 414 g/mol. The van der Waals surface area contributed by atoms with Gasteiger partial charge in [0.25, 0.3) is 0 Å².